The first kappa shape index (κ1) is 18.2. The molecule has 0 spiro atoms. The van der Waals surface area contributed by atoms with Gasteiger partial charge in [0.05, 0.1) is 7.11 Å². The highest BCUT2D eigenvalue weighted by molar-refractivity contribution is 6.03. The highest BCUT2D eigenvalue weighted by atomic mass is 16.5. The number of hydrogen-bond acceptors (Lipinski definition) is 4. The van der Waals surface area contributed by atoms with E-state index in [2.05, 4.69) is 5.32 Å². The van der Waals surface area contributed by atoms with Gasteiger partial charge in [0.25, 0.3) is 5.91 Å². The highest BCUT2D eigenvalue weighted by Crippen LogP contribution is 2.23. The summed E-state index contributed by atoms with van der Waals surface area (Å²) < 4.78 is 10.2. The van der Waals surface area contributed by atoms with Gasteiger partial charge in [-0.1, -0.05) is 54.6 Å². The van der Waals surface area contributed by atoms with Crippen LogP contribution < -0.4 is 10.1 Å². The van der Waals surface area contributed by atoms with Gasteiger partial charge in [0.2, 0.25) is 0 Å². The van der Waals surface area contributed by atoms with Gasteiger partial charge in [-0.15, -0.1) is 0 Å². The van der Waals surface area contributed by atoms with Crippen LogP contribution in [0.4, 0.5) is 5.69 Å². The normalized spacial score (nSPS) is 10.7. The maximum absolute atomic E-state index is 12.1. The fourth-order valence-corrected chi connectivity index (χ4v) is 2.67. The van der Waals surface area contributed by atoms with Crippen LogP contribution in [0.3, 0.4) is 0 Å². The summed E-state index contributed by atoms with van der Waals surface area (Å²) in [6.07, 6.45) is 2.85. The minimum atomic E-state index is -0.603. The number of rotatable bonds is 6. The number of ether oxygens (including phenoxy) is 2. The summed E-state index contributed by atoms with van der Waals surface area (Å²) in [7, 11) is 1.56. The molecule has 0 aliphatic rings. The largest absolute Gasteiger partial charge is 0.496 e. The molecule has 0 saturated carbocycles. The zero-order chi connectivity index (χ0) is 19.1. The fraction of sp³-hybridized carbons (Fsp3) is 0.0909. The number of benzene rings is 3. The van der Waals surface area contributed by atoms with Crippen LogP contribution in [0, 0.1) is 0 Å². The molecular formula is C22H19NO4. The van der Waals surface area contributed by atoms with Gasteiger partial charge in [-0.3, -0.25) is 4.79 Å². The lowest BCUT2D eigenvalue weighted by atomic mass is 10.1. The van der Waals surface area contributed by atoms with Crippen molar-refractivity contribution in [3.05, 3.63) is 78.4 Å². The van der Waals surface area contributed by atoms with Crippen LogP contribution in [-0.2, 0) is 14.3 Å². The summed E-state index contributed by atoms with van der Waals surface area (Å²) >= 11 is 0. The van der Waals surface area contributed by atoms with Crippen molar-refractivity contribution in [1.29, 1.82) is 0 Å². The van der Waals surface area contributed by atoms with Crippen molar-refractivity contribution in [3.8, 4) is 5.75 Å². The maximum Gasteiger partial charge on any atom is 0.331 e. The molecule has 1 N–H and O–H groups in total. The Morgan fingerprint density at radius 1 is 0.963 bits per heavy atom. The van der Waals surface area contributed by atoms with E-state index in [1.54, 1.807) is 19.3 Å². The summed E-state index contributed by atoms with van der Waals surface area (Å²) in [4.78, 5) is 24.0. The zero-order valence-electron chi connectivity index (χ0n) is 14.8. The summed E-state index contributed by atoms with van der Waals surface area (Å²) in [6.45, 7) is -0.363. The van der Waals surface area contributed by atoms with Crippen molar-refractivity contribution in [1.82, 2.24) is 0 Å². The molecule has 0 heterocycles. The second-order valence-corrected chi connectivity index (χ2v) is 5.76. The third kappa shape index (κ3) is 4.73. The quantitative estimate of drug-likeness (QED) is 0.531. The van der Waals surface area contributed by atoms with E-state index in [1.165, 1.54) is 6.08 Å². The van der Waals surface area contributed by atoms with E-state index in [4.69, 9.17) is 9.47 Å². The van der Waals surface area contributed by atoms with Crippen molar-refractivity contribution in [2.45, 2.75) is 0 Å². The molecule has 3 aromatic carbocycles. The third-order valence-corrected chi connectivity index (χ3v) is 3.95. The molecule has 0 saturated heterocycles. The van der Waals surface area contributed by atoms with Crippen LogP contribution in [0.2, 0.25) is 0 Å². The minimum Gasteiger partial charge on any atom is -0.496 e. The van der Waals surface area contributed by atoms with Crippen LogP contribution in [-0.4, -0.2) is 25.6 Å². The average molecular weight is 361 g/mol. The number of para-hydroxylation sites is 1. The first-order valence-corrected chi connectivity index (χ1v) is 8.43. The fourth-order valence-electron chi connectivity index (χ4n) is 2.67. The van der Waals surface area contributed by atoms with Gasteiger partial charge in [-0.05, 0) is 23.6 Å². The van der Waals surface area contributed by atoms with Crippen LogP contribution in [0.1, 0.15) is 5.56 Å². The van der Waals surface area contributed by atoms with E-state index >= 15 is 0 Å². The Morgan fingerprint density at radius 3 is 2.56 bits per heavy atom. The first-order valence-electron chi connectivity index (χ1n) is 8.43. The molecular weight excluding hydrogens is 342 g/mol. The number of anilines is 1. The number of hydrogen-bond donors (Lipinski definition) is 1. The topological polar surface area (TPSA) is 64.6 Å². The standard InChI is InChI=1S/C22H19NO4/c1-26-20-12-5-3-8-17(20)13-14-22(25)27-15-21(24)23-19-11-6-9-16-7-2-4-10-18(16)19/h2-14H,15H2,1H3,(H,23,24)/b14-13+. The molecule has 0 radical (unpaired) electrons. The molecule has 0 atom stereocenters. The molecule has 0 aliphatic heterocycles. The van der Waals surface area contributed by atoms with Crippen LogP contribution in [0.5, 0.6) is 5.75 Å². The summed E-state index contributed by atoms with van der Waals surface area (Å²) in [6, 6.07) is 20.7. The van der Waals surface area contributed by atoms with Crippen LogP contribution in [0.15, 0.2) is 72.8 Å². The van der Waals surface area contributed by atoms with E-state index in [0.29, 0.717) is 11.4 Å². The summed E-state index contributed by atoms with van der Waals surface area (Å²) in [5.74, 6) is -0.352. The number of methoxy groups -OCH3 is 1. The Bertz CT molecular complexity index is 989. The number of esters is 1. The smallest absolute Gasteiger partial charge is 0.331 e. The van der Waals surface area contributed by atoms with Crippen molar-refractivity contribution >= 4 is 34.4 Å². The molecule has 0 aromatic heterocycles. The molecule has 136 valence electrons. The Hall–Kier alpha value is -3.60. The number of nitrogens with one attached hydrogen (secondary N) is 1. The lowest BCUT2D eigenvalue weighted by molar-refractivity contribution is -0.142. The first-order chi connectivity index (χ1) is 13.2. The summed E-state index contributed by atoms with van der Waals surface area (Å²) in [5, 5.41) is 4.72. The number of fused-ring (bicyclic) bond motifs is 1. The van der Waals surface area contributed by atoms with Gasteiger partial charge in [0.15, 0.2) is 6.61 Å². The van der Waals surface area contributed by atoms with Crippen molar-refractivity contribution < 1.29 is 19.1 Å². The molecule has 3 rings (SSSR count). The monoisotopic (exact) mass is 361 g/mol. The van der Waals surface area contributed by atoms with Gasteiger partial charge in [-0.2, -0.15) is 0 Å². The predicted octanol–water partition coefficient (Wildman–Crippen LogP) is 4.04. The number of amides is 1. The van der Waals surface area contributed by atoms with Gasteiger partial charge in [0.1, 0.15) is 5.75 Å². The molecule has 1 amide bonds. The van der Waals surface area contributed by atoms with E-state index in [-0.39, 0.29) is 6.61 Å². The van der Waals surface area contributed by atoms with E-state index in [9.17, 15) is 9.59 Å². The lowest BCUT2D eigenvalue weighted by Gasteiger charge is -2.08. The van der Waals surface area contributed by atoms with Gasteiger partial charge in [-0.25, -0.2) is 4.79 Å². The molecule has 0 bridgehead atoms. The van der Waals surface area contributed by atoms with E-state index in [1.807, 2.05) is 60.7 Å². The number of carbonyl (C=O) groups excluding carboxylic acids is 2. The van der Waals surface area contributed by atoms with E-state index < -0.39 is 11.9 Å². The van der Waals surface area contributed by atoms with Crippen LogP contribution >= 0.6 is 0 Å². The molecule has 0 unspecified atom stereocenters. The lowest BCUT2D eigenvalue weighted by Crippen LogP contribution is -2.20. The highest BCUT2D eigenvalue weighted by Gasteiger charge is 2.08. The Labute approximate surface area is 157 Å². The van der Waals surface area contributed by atoms with Crippen LogP contribution in [0.25, 0.3) is 16.8 Å². The Balaban J connectivity index is 1.57. The molecule has 27 heavy (non-hydrogen) atoms. The van der Waals surface area contributed by atoms with Crippen molar-refractivity contribution in [3.63, 3.8) is 0 Å². The second kappa shape index (κ2) is 8.67. The van der Waals surface area contributed by atoms with Gasteiger partial charge >= 0.3 is 5.97 Å². The Kier molecular flexibility index (Phi) is 5.84. The molecule has 0 aliphatic carbocycles. The molecule has 5 nitrogen and oxygen atoms in total. The molecule has 0 fully saturated rings. The van der Waals surface area contributed by atoms with Gasteiger partial charge < -0.3 is 14.8 Å². The minimum absolute atomic E-state index is 0.363. The summed E-state index contributed by atoms with van der Waals surface area (Å²) in [5.41, 5.74) is 1.43. The van der Waals surface area contributed by atoms with Crippen molar-refractivity contribution in [2.75, 3.05) is 19.0 Å². The van der Waals surface area contributed by atoms with Crippen molar-refractivity contribution in [2.24, 2.45) is 0 Å². The van der Waals surface area contributed by atoms with Gasteiger partial charge in [0, 0.05) is 22.7 Å². The Morgan fingerprint density at radius 2 is 1.70 bits per heavy atom. The predicted molar refractivity (Wildman–Crippen MR) is 106 cm³/mol. The van der Waals surface area contributed by atoms with E-state index in [0.717, 1.165) is 16.3 Å². The average Bonchev–Trinajstić information content (AvgIpc) is 2.71. The number of carbonyl (C=O) groups is 2. The molecule has 3 aromatic rings. The second-order valence-electron chi connectivity index (χ2n) is 5.76. The zero-order valence-corrected chi connectivity index (χ0v) is 14.8. The third-order valence-electron chi connectivity index (χ3n) is 3.95. The molecule has 5 heteroatoms. The SMILES string of the molecule is COc1ccccc1/C=C/C(=O)OCC(=O)Nc1cccc2ccccc12. The maximum atomic E-state index is 12.1.